The summed E-state index contributed by atoms with van der Waals surface area (Å²) in [6.45, 7) is 4.15. The first-order chi connectivity index (χ1) is 7.65. The molecule has 0 aromatic heterocycles. The van der Waals surface area contributed by atoms with Gasteiger partial charge in [0.2, 0.25) is 0 Å². The molecular weight excluding hydrogens is 224 g/mol. The molecule has 0 atom stereocenters. The minimum atomic E-state index is -0.214. The number of rotatable bonds is 5. The molecule has 2 nitrogen and oxygen atoms in total. The van der Waals surface area contributed by atoms with E-state index in [0.717, 1.165) is 5.56 Å². The molecule has 0 saturated carbocycles. The van der Waals surface area contributed by atoms with E-state index in [-0.39, 0.29) is 5.97 Å². The van der Waals surface area contributed by atoms with Crippen molar-refractivity contribution < 1.29 is 9.53 Å². The van der Waals surface area contributed by atoms with Gasteiger partial charge in [-0.25, -0.2) is 0 Å². The molecule has 16 heavy (non-hydrogen) atoms. The minimum absolute atomic E-state index is 0.214. The molecule has 88 valence electrons. The quantitative estimate of drug-likeness (QED) is 0.445. The van der Waals surface area contributed by atoms with Gasteiger partial charge in [0.25, 0.3) is 0 Å². The minimum Gasteiger partial charge on any atom is -0.426 e. The zero-order valence-electron chi connectivity index (χ0n) is 9.70. The maximum absolute atomic E-state index is 11.5. The van der Waals surface area contributed by atoms with Gasteiger partial charge in [0.05, 0.1) is 0 Å². The van der Waals surface area contributed by atoms with Gasteiger partial charge < -0.3 is 4.74 Å². The van der Waals surface area contributed by atoms with E-state index in [2.05, 4.69) is 13.8 Å². The molecule has 0 heterocycles. The molecule has 0 fully saturated rings. The second kappa shape index (κ2) is 6.54. The molecule has 0 aliphatic heterocycles. The highest BCUT2D eigenvalue weighted by Crippen LogP contribution is 2.26. The smallest absolute Gasteiger partial charge is 0.311 e. The van der Waals surface area contributed by atoms with Crippen LogP contribution in [0.1, 0.15) is 38.2 Å². The zero-order valence-corrected chi connectivity index (χ0v) is 10.5. The summed E-state index contributed by atoms with van der Waals surface area (Å²) >= 11 is 5.52. The van der Waals surface area contributed by atoms with Gasteiger partial charge in [0.15, 0.2) is 0 Å². The SMILES string of the molecule is CC(C)c1ccccc1OC(=O)CCCCl. The summed E-state index contributed by atoms with van der Waals surface area (Å²) in [6.07, 6.45) is 1.03. The molecule has 0 unspecified atom stereocenters. The van der Waals surface area contributed by atoms with Crippen LogP contribution >= 0.6 is 11.6 Å². The van der Waals surface area contributed by atoms with Crippen LogP contribution in [0, 0.1) is 0 Å². The molecule has 0 amide bonds. The van der Waals surface area contributed by atoms with Crippen LogP contribution in [0.3, 0.4) is 0 Å². The normalized spacial score (nSPS) is 10.5. The van der Waals surface area contributed by atoms with E-state index in [0.29, 0.717) is 30.4 Å². The number of para-hydroxylation sites is 1. The predicted octanol–water partition coefficient (Wildman–Crippen LogP) is 3.73. The maximum Gasteiger partial charge on any atom is 0.311 e. The number of carbonyl (C=O) groups excluding carboxylic acids is 1. The Morgan fingerprint density at radius 2 is 2.06 bits per heavy atom. The highest BCUT2D eigenvalue weighted by Gasteiger charge is 2.10. The number of esters is 1. The van der Waals surface area contributed by atoms with Crippen molar-refractivity contribution in [1.29, 1.82) is 0 Å². The van der Waals surface area contributed by atoms with Crippen LogP contribution in [0.2, 0.25) is 0 Å². The molecule has 0 saturated heterocycles. The van der Waals surface area contributed by atoms with Crippen molar-refractivity contribution in [3.63, 3.8) is 0 Å². The largest absolute Gasteiger partial charge is 0.426 e. The first-order valence-electron chi connectivity index (χ1n) is 5.50. The van der Waals surface area contributed by atoms with E-state index in [1.807, 2.05) is 24.3 Å². The Bertz CT molecular complexity index is 348. The topological polar surface area (TPSA) is 26.3 Å². The van der Waals surface area contributed by atoms with E-state index in [9.17, 15) is 4.79 Å². The summed E-state index contributed by atoms with van der Waals surface area (Å²) in [6, 6.07) is 7.63. The third kappa shape index (κ3) is 3.86. The fraction of sp³-hybridized carbons (Fsp3) is 0.462. The van der Waals surface area contributed by atoms with Crippen molar-refractivity contribution in [2.24, 2.45) is 0 Å². The third-order valence-corrected chi connectivity index (χ3v) is 2.55. The number of hydrogen-bond donors (Lipinski definition) is 0. The average Bonchev–Trinajstić information content (AvgIpc) is 2.27. The maximum atomic E-state index is 11.5. The van der Waals surface area contributed by atoms with Crippen LogP contribution in [0.25, 0.3) is 0 Å². The van der Waals surface area contributed by atoms with E-state index in [1.54, 1.807) is 0 Å². The second-order valence-corrected chi connectivity index (χ2v) is 4.34. The van der Waals surface area contributed by atoms with Crippen molar-refractivity contribution in [3.05, 3.63) is 29.8 Å². The van der Waals surface area contributed by atoms with Gasteiger partial charge in [-0.1, -0.05) is 32.0 Å². The predicted molar refractivity (Wildman–Crippen MR) is 66.1 cm³/mol. The number of hydrogen-bond acceptors (Lipinski definition) is 2. The van der Waals surface area contributed by atoms with Gasteiger partial charge in [-0.3, -0.25) is 4.79 Å². The molecule has 0 aliphatic carbocycles. The lowest BCUT2D eigenvalue weighted by Crippen LogP contribution is -2.09. The summed E-state index contributed by atoms with van der Waals surface area (Å²) in [5.74, 6) is 1.28. The number of ether oxygens (including phenoxy) is 1. The second-order valence-electron chi connectivity index (χ2n) is 3.96. The average molecular weight is 241 g/mol. The summed E-state index contributed by atoms with van der Waals surface area (Å²) in [5.41, 5.74) is 1.06. The number of alkyl halides is 1. The lowest BCUT2D eigenvalue weighted by molar-refractivity contribution is -0.134. The van der Waals surface area contributed by atoms with Gasteiger partial charge in [0.1, 0.15) is 5.75 Å². The standard InChI is InChI=1S/C13H17ClO2/c1-10(2)11-6-3-4-7-12(11)16-13(15)8-5-9-14/h3-4,6-7,10H,5,8-9H2,1-2H3. The Labute approximate surface area is 102 Å². The molecule has 3 heteroatoms. The number of benzene rings is 1. The molecule has 0 spiro atoms. The van der Waals surface area contributed by atoms with Crippen molar-refractivity contribution >= 4 is 17.6 Å². The zero-order chi connectivity index (χ0) is 12.0. The highest BCUT2D eigenvalue weighted by atomic mass is 35.5. The van der Waals surface area contributed by atoms with Crippen molar-refractivity contribution in [1.82, 2.24) is 0 Å². The van der Waals surface area contributed by atoms with Crippen LogP contribution in [0.5, 0.6) is 5.75 Å². The van der Waals surface area contributed by atoms with E-state index in [1.165, 1.54) is 0 Å². The van der Waals surface area contributed by atoms with Crippen LogP contribution in [-0.2, 0) is 4.79 Å². The van der Waals surface area contributed by atoms with Crippen molar-refractivity contribution in [3.8, 4) is 5.75 Å². The molecule has 0 N–H and O–H groups in total. The lowest BCUT2D eigenvalue weighted by Gasteiger charge is -2.12. The monoisotopic (exact) mass is 240 g/mol. The summed E-state index contributed by atoms with van der Waals surface area (Å²) in [4.78, 5) is 11.5. The molecule has 0 radical (unpaired) electrons. The van der Waals surface area contributed by atoms with Gasteiger partial charge in [-0.15, -0.1) is 11.6 Å². The fourth-order valence-corrected chi connectivity index (χ4v) is 1.57. The fourth-order valence-electron chi connectivity index (χ4n) is 1.44. The molecule has 0 aliphatic rings. The lowest BCUT2D eigenvalue weighted by atomic mass is 10.0. The Morgan fingerprint density at radius 3 is 2.69 bits per heavy atom. The van der Waals surface area contributed by atoms with Gasteiger partial charge in [-0.2, -0.15) is 0 Å². The highest BCUT2D eigenvalue weighted by molar-refractivity contribution is 6.17. The number of halogens is 1. The first-order valence-corrected chi connectivity index (χ1v) is 6.04. The molecule has 1 aromatic carbocycles. The third-order valence-electron chi connectivity index (χ3n) is 2.28. The Kier molecular flexibility index (Phi) is 5.33. The Balaban J connectivity index is 2.69. The van der Waals surface area contributed by atoms with Crippen LogP contribution in [0.4, 0.5) is 0 Å². The Morgan fingerprint density at radius 1 is 1.38 bits per heavy atom. The van der Waals surface area contributed by atoms with E-state index < -0.39 is 0 Å². The van der Waals surface area contributed by atoms with Crippen molar-refractivity contribution in [2.45, 2.75) is 32.6 Å². The first kappa shape index (κ1) is 13.0. The molecule has 1 aromatic rings. The van der Waals surface area contributed by atoms with Gasteiger partial charge in [-0.05, 0) is 24.0 Å². The van der Waals surface area contributed by atoms with Gasteiger partial charge in [0, 0.05) is 12.3 Å². The summed E-state index contributed by atoms with van der Waals surface area (Å²) in [5, 5.41) is 0. The van der Waals surface area contributed by atoms with E-state index >= 15 is 0 Å². The molecule has 0 bridgehead atoms. The molecular formula is C13H17ClO2. The summed E-state index contributed by atoms with van der Waals surface area (Å²) in [7, 11) is 0. The van der Waals surface area contributed by atoms with E-state index in [4.69, 9.17) is 16.3 Å². The number of carbonyl (C=O) groups is 1. The van der Waals surface area contributed by atoms with Crippen LogP contribution in [-0.4, -0.2) is 11.8 Å². The molecule has 1 rings (SSSR count). The van der Waals surface area contributed by atoms with Crippen LogP contribution in [0.15, 0.2) is 24.3 Å². The van der Waals surface area contributed by atoms with Crippen LogP contribution < -0.4 is 4.74 Å². The Hall–Kier alpha value is -1.02. The summed E-state index contributed by atoms with van der Waals surface area (Å²) < 4.78 is 5.31. The van der Waals surface area contributed by atoms with Gasteiger partial charge >= 0.3 is 5.97 Å². The van der Waals surface area contributed by atoms with Crippen molar-refractivity contribution in [2.75, 3.05) is 5.88 Å².